The summed E-state index contributed by atoms with van der Waals surface area (Å²) in [5.74, 6) is -0.384. The molecule has 3 heterocycles. The van der Waals surface area contributed by atoms with Gasteiger partial charge in [-0.1, -0.05) is 23.5 Å². The van der Waals surface area contributed by atoms with Gasteiger partial charge in [0.1, 0.15) is 0 Å². The van der Waals surface area contributed by atoms with Crippen molar-refractivity contribution < 1.29 is 4.79 Å². The maximum Gasteiger partial charge on any atom is 0.249 e. The van der Waals surface area contributed by atoms with Gasteiger partial charge in [0, 0.05) is 18.3 Å². The first kappa shape index (κ1) is 14.1. The van der Waals surface area contributed by atoms with Gasteiger partial charge in [-0.2, -0.15) is 4.98 Å². The molecule has 0 saturated heterocycles. The van der Waals surface area contributed by atoms with E-state index in [1.54, 1.807) is 23.6 Å². The SMILES string of the molecule is CC1(C)c2cccc(C(N)=O)c2CN1c1nc2ncccc2s1. The quantitative estimate of drug-likeness (QED) is 0.786. The molecule has 0 radical (unpaired) electrons. The highest BCUT2D eigenvalue weighted by molar-refractivity contribution is 7.22. The average Bonchev–Trinajstić information content (AvgIpc) is 3.05. The first-order valence-electron chi connectivity index (χ1n) is 7.40. The molecule has 1 aliphatic heterocycles. The number of amides is 1. The molecule has 0 unspecified atom stereocenters. The Morgan fingerprint density at radius 2 is 2.13 bits per heavy atom. The lowest BCUT2D eigenvalue weighted by Gasteiger charge is -2.32. The fourth-order valence-corrected chi connectivity index (χ4v) is 4.31. The van der Waals surface area contributed by atoms with E-state index in [9.17, 15) is 4.79 Å². The zero-order valence-electron chi connectivity index (χ0n) is 12.9. The normalized spacial score (nSPS) is 15.8. The van der Waals surface area contributed by atoms with E-state index in [1.165, 1.54) is 0 Å². The maximum atomic E-state index is 11.7. The minimum absolute atomic E-state index is 0.255. The van der Waals surface area contributed by atoms with Crippen LogP contribution in [0.25, 0.3) is 10.3 Å². The van der Waals surface area contributed by atoms with Crippen LogP contribution in [0.5, 0.6) is 0 Å². The molecule has 0 fully saturated rings. The number of pyridine rings is 1. The fourth-order valence-electron chi connectivity index (χ4n) is 3.24. The number of thiazole rings is 1. The van der Waals surface area contributed by atoms with Crippen LogP contribution in [0.4, 0.5) is 5.13 Å². The van der Waals surface area contributed by atoms with E-state index in [2.05, 4.69) is 34.8 Å². The summed E-state index contributed by atoms with van der Waals surface area (Å²) in [6, 6.07) is 9.69. The number of carbonyl (C=O) groups is 1. The molecular formula is C17H16N4OS. The number of aromatic nitrogens is 2. The number of carbonyl (C=O) groups excluding carboxylic acids is 1. The molecule has 23 heavy (non-hydrogen) atoms. The lowest BCUT2D eigenvalue weighted by molar-refractivity contribution is 0.0999. The van der Waals surface area contributed by atoms with Crippen LogP contribution in [-0.2, 0) is 12.1 Å². The van der Waals surface area contributed by atoms with Crippen LogP contribution in [0.2, 0.25) is 0 Å². The Kier molecular flexibility index (Phi) is 2.93. The monoisotopic (exact) mass is 324 g/mol. The molecule has 2 N–H and O–H groups in total. The van der Waals surface area contributed by atoms with Crippen molar-refractivity contribution in [2.24, 2.45) is 5.73 Å². The minimum Gasteiger partial charge on any atom is -0.366 e. The van der Waals surface area contributed by atoms with Crippen LogP contribution >= 0.6 is 11.3 Å². The third-order valence-electron chi connectivity index (χ3n) is 4.48. The minimum atomic E-state index is -0.384. The molecule has 116 valence electrons. The van der Waals surface area contributed by atoms with Crippen molar-refractivity contribution in [2.75, 3.05) is 4.90 Å². The lowest BCUT2D eigenvalue weighted by atomic mass is 9.91. The largest absolute Gasteiger partial charge is 0.366 e. The van der Waals surface area contributed by atoms with Crippen LogP contribution < -0.4 is 10.6 Å². The zero-order chi connectivity index (χ0) is 16.2. The third-order valence-corrected chi connectivity index (χ3v) is 5.51. The predicted octanol–water partition coefficient (Wildman–Crippen LogP) is 3.05. The summed E-state index contributed by atoms with van der Waals surface area (Å²) >= 11 is 1.62. The van der Waals surface area contributed by atoms with Crippen molar-refractivity contribution in [3.8, 4) is 0 Å². The van der Waals surface area contributed by atoms with E-state index in [0.29, 0.717) is 12.1 Å². The summed E-state index contributed by atoms with van der Waals surface area (Å²) in [6.45, 7) is 4.91. The number of nitrogens with zero attached hydrogens (tertiary/aromatic N) is 3. The van der Waals surface area contributed by atoms with Gasteiger partial charge >= 0.3 is 0 Å². The van der Waals surface area contributed by atoms with Gasteiger partial charge in [0.05, 0.1) is 10.2 Å². The third kappa shape index (κ3) is 2.02. The highest BCUT2D eigenvalue weighted by atomic mass is 32.1. The molecule has 0 aliphatic carbocycles. The lowest BCUT2D eigenvalue weighted by Crippen LogP contribution is -2.35. The number of anilines is 1. The molecule has 1 aliphatic rings. The summed E-state index contributed by atoms with van der Waals surface area (Å²) in [5.41, 5.74) is 8.76. The number of hydrogen-bond acceptors (Lipinski definition) is 5. The Bertz CT molecular complexity index is 898. The van der Waals surface area contributed by atoms with Crippen molar-refractivity contribution in [3.05, 3.63) is 53.2 Å². The zero-order valence-corrected chi connectivity index (χ0v) is 13.7. The van der Waals surface area contributed by atoms with E-state index in [-0.39, 0.29) is 11.4 Å². The summed E-state index contributed by atoms with van der Waals surface area (Å²) < 4.78 is 1.06. The van der Waals surface area contributed by atoms with E-state index < -0.39 is 0 Å². The topological polar surface area (TPSA) is 72.1 Å². The van der Waals surface area contributed by atoms with E-state index in [0.717, 1.165) is 26.6 Å². The molecule has 0 saturated carbocycles. The van der Waals surface area contributed by atoms with Crippen molar-refractivity contribution in [1.29, 1.82) is 0 Å². The van der Waals surface area contributed by atoms with Crippen molar-refractivity contribution >= 4 is 32.7 Å². The molecule has 0 spiro atoms. The van der Waals surface area contributed by atoms with Crippen LogP contribution in [0, 0.1) is 0 Å². The predicted molar refractivity (Wildman–Crippen MR) is 91.6 cm³/mol. The fraction of sp³-hybridized carbons (Fsp3) is 0.235. The van der Waals surface area contributed by atoms with E-state index in [4.69, 9.17) is 5.73 Å². The van der Waals surface area contributed by atoms with Gasteiger partial charge in [-0.15, -0.1) is 0 Å². The van der Waals surface area contributed by atoms with Gasteiger partial charge in [-0.25, -0.2) is 4.98 Å². The van der Waals surface area contributed by atoms with E-state index >= 15 is 0 Å². The number of nitrogens with two attached hydrogens (primary N) is 1. The molecule has 6 heteroatoms. The first-order valence-corrected chi connectivity index (χ1v) is 8.21. The van der Waals surface area contributed by atoms with Gasteiger partial charge in [0.15, 0.2) is 10.8 Å². The summed E-state index contributed by atoms with van der Waals surface area (Å²) in [6.07, 6.45) is 1.75. The molecule has 0 atom stereocenters. The van der Waals surface area contributed by atoms with Crippen molar-refractivity contribution in [1.82, 2.24) is 9.97 Å². The molecule has 2 aromatic heterocycles. The Hall–Kier alpha value is -2.47. The van der Waals surface area contributed by atoms with Crippen LogP contribution in [0.1, 0.15) is 35.3 Å². The van der Waals surface area contributed by atoms with Gasteiger partial charge in [0.2, 0.25) is 5.91 Å². The molecule has 0 bridgehead atoms. The number of hydrogen-bond donors (Lipinski definition) is 1. The standard InChI is InChI=1S/C17H16N4OS/c1-17(2)12-6-3-5-10(14(18)22)11(12)9-21(17)16-20-15-13(23-16)7-4-8-19-15/h3-8H,9H2,1-2H3,(H2,18,22). The maximum absolute atomic E-state index is 11.7. The Morgan fingerprint density at radius 3 is 2.87 bits per heavy atom. The molecule has 4 rings (SSSR count). The molecular weight excluding hydrogens is 308 g/mol. The summed E-state index contributed by atoms with van der Waals surface area (Å²) in [5, 5.41) is 0.912. The van der Waals surface area contributed by atoms with Crippen LogP contribution in [0.3, 0.4) is 0 Å². The molecule has 1 amide bonds. The van der Waals surface area contributed by atoms with Gasteiger partial charge in [0.25, 0.3) is 0 Å². The number of rotatable bonds is 2. The number of benzene rings is 1. The smallest absolute Gasteiger partial charge is 0.249 e. The van der Waals surface area contributed by atoms with Gasteiger partial charge in [-0.05, 0) is 43.2 Å². The number of primary amides is 1. The second-order valence-corrected chi connectivity index (χ2v) is 7.17. The Labute approximate surface area is 137 Å². The highest BCUT2D eigenvalue weighted by Gasteiger charge is 2.40. The van der Waals surface area contributed by atoms with Crippen LogP contribution in [-0.4, -0.2) is 15.9 Å². The van der Waals surface area contributed by atoms with Gasteiger partial charge in [-0.3, -0.25) is 4.79 Å². The first-order chi connectivity index (χ1) is 11.0. The van der Waals surface area contributed by atoms with Gasteiger partial charge < -0.3 is 10.6 Å². The van der Waals surface area contributed by atoms with Crippen molar-refractivity contribution in [2.45, 2.75) is 25.9 Å². The molecule has 3 aromatic rings. The second-order valence-electron chi connectivity index (χ2n) is 6.16. The van der Waals surface area contributed by atoms with Crippen LogP contribution in [0.15, 0.2) is 36.5 Å². The highest BCUT2D eigenvalue weighted by Crippen LogP contribution is 2.44. The summed E-state index contributed by atoms with van der Waals surface area (Å²) in [4.78, 5) is 22.9. The summed E-state index contributed by atoms with van der Waals surface area (Å²) in [7, 11) is 0. The van der Waals surface area contributed by atoms with Crippen molar-refractivity contribution in [3.63, 3.8) is 0 Å². The Morgan fingerprint density at radius 1 is 1.30 bits per heavy atom. The van der Waals surface area contributed by atoms with E-state index in [1.807, 2.05) is 18.2 Å². The molecule has 1 aromatic carbocycles. The second kappa shape index (κ2) is 4.76. The average molecular weight is 324 g/mol. The number of fused-ring (bicyclic) bond motifs is 2. The Balaban J connectivity index is 1.85. The molecule has 5 nitrogen and oxygen atoms in total.